The first-order valence-corrected chi connectivity index (χ1v) is 12.2. The van der Waals surface area contributed by atoms with Gasteiger partial charge in [0.25, 0.3) is 0 Å². The van der Waals surface area contributed by atoms with Crippen molar-refractivity contribution in [2.45, 2.75) is 50.9 Å². The van der Waals surface area contributed by atoms with Crippen LogP contribution in [0.3, 0.4) is 0 Å². The summed E-state index contributed by atoms with van der Waals surface area (Å²) >= 11 is 0. The fraction of sp³-hybridized carbons (Fsp3) is 0.481. The number of imide groups is 1. The van der Waals surface area contributed by atoms with Crippen LogP contribution in [0.15, 0.2) is 41.0 Å². The van der Waals surface area contributed by atoms with Crippen molar-refractivity contribution in [1.82, 2.24) is 10.2 Å². The number of nitrogens with zero attached hydrogens (tertiary/aromatic N) is 1. The summed E-state index contributed by atoms with van der Waals surface area (Å²) in [6, 6.07) is 10.1. The fourth-order valence-corrected chi connectivity index (χ4v) is 5.43. The highest BCUT2D eigenvalue weighted by Gasteiger charge is 2.31. The number of fused-ring (bicyclic) bond motifs is 3. The van der Waals surface area contributed by atoms with Crippen LogP contribution in [0.2, 0.25) is 0 Å². The topological polar surface area (TPSA) is 71.8 Å². The third-order valence-corrected chi connectivity index (χ3v) is 7.21. The van der Waals surface area contributed by atoms with Crippen molar-refractivity contribution in [3.63, 3.8) is 0 Å². The summed E-state index contributed by atoms with van der Waals surface area (Å²) in [5.74, 6) is 0.854. The maximum absolute atomic E-state index is 12.4. The highest BCUT2D eigenvalue weighted by atomic mass is 16.5. The van der Waals surface area contributed by atoms with E-state index in [1.165, 1.54) is 32.1 Å². The Morgan fingerprint density at radius 2 is 1.94 bits per heavy atom. The molecule has 1 aromatic heterocycles. The zero-order chi connectivity index (χ0) is 22.8. The molecule has 1 saturated carbocycles. The van der Waals surface area contributed by atoms with Gasteiger partial charge in [0.15, 0.2) is 0 Å². The molecule has 1 aliphatic carbocycles. The first-order chi connectivity index (χ1) is 16.1. The third-order valence-electron chi connectivity index (χ3n) is 7.21. The Hall–Kier alpha value is -2.86. The van der Waals surface area contributed by atoms with Crippen LogP contribution in [0, 0.1) is 5.92 Å². The molecule has 0 bridgehead atoms. The Labute approximate surface area is 194 Å². The maximum Gasteiger partial charge on any atom is 0.234 e. The summed E-state index contributed by atoms with van der Waals surface area (Å²) in [5.41, 5.74) is 1.60. The predicted octanol–water partition coefficient (Wildman–Crippen LogP) is 5.00. The van der Waals surface area contributed by atoms with Crippen LogP contribution in [0.25, 0.3) is 21.7 Å². The van der Waals surface area contributed by atoms with E-state index in [-0.39, 0.29) is 17.7 Å². The van der Waals surface area contributed by atoms with Gasteiger partial charge in [0.05, 0.1) is 12.2 Å². The molecule has 3 aromatic rings. The standard InChI is InChI=1S/C27H32N2O4/c1-29(16-18-5-3-2-4-6-18)13-14-32-20-8-9-21-19(15-20)7-11-24-26(21)23(17-33-24)22-10-12-25(30)28-27(22)31/h7-9,11,15,17-18,22H,2-6,10,12-14,16H2,1H3,(H,28,30,31)/t22-/m1/s1. The van der Waals surface area contributed by atoms with E-state index >= 15 is 0 Å². The number of hydrogen-bond acceptors (Lipinski definition) is 5. The van der Waals surface area contributed by atoms with Gasteiger partial charge in [-0.05, 0) is 67.3 Å². The number of furan rings is 1. The summed E-state index contributed by atoms with van der Waals surface area (Å²) in [4.78, 5) is 26.4. The normalized spacial score (nSPS) is 20.0. The van der Waals surface area contributed by atoms with Crippen molar-refractivity contribution in [2.24, 2.45) is 5.92 Å². The van der Waals surface area contributed by atoms with Gasteiger partial charge in [-0.2, -0.15) is 0 Å². The van der Waals surface area contributed by atoms with Crippen LogP contribution >= 0.6 is 0 Å². The molecule has 2 aliphatic rings. The molecule has 5 rings (SSSR count). The average Bonchev–Trinajstić information content (AvgIpc) is 3.24. The molecular formula is C27H32N2O4. The van der Waals surface area contributed by atoms with Gasteiger partial charge in [-0.1, -0.05) is 25.3 Å². The van der Waals surface area contributed by atoms with E-state index in [4.69, 9.17) is 9.15 Å². The first kappa shape index (κ1) is 22.0. The smallest absolute Gasteiger partial charge is 0.234 e. The molecule has 0 radical (unpaired) electrons. The molecule has 1 aliphatic heterocycles. The average molecular weight is 449 g/mol. The molecule has 2 amide bonds. The second-order valence-electron chi connectivity index (χ2n) is 9.63. The van der Waals surface area contributed by atoms with Crippen molar-refractivity contribution < 1.29 is 18.7 Å². The van der Waals surface area contributed by atoms with E-state index < -0.39 is 0 Å². The molecule has 6 heteroatoms. The summed E-state index contributed by atoms with van der Waals surface area (Å²) in [7, 11) is 2.19. The lowest BCUT2D eigenvalue weighted by Crippen LogP contribution is -2.39. The van der Waals surface area contributed by atoms with Crippen molar-refractivity contribution in [2.75, 3.05) is 26.7 Å². The number of nitrogens with one attached hydrogen (secondary N) is 1. The number of ether oxygens (including phenoxy) is 1. The molecular weight excluding hydrogens is 416 g/mol. The number of amides is 2. The van der Waals surface area contributed by atoms with E-state index in [0.29, 0.717) is 19.4 Å². The Morgan fingerprint density at radius 3 is 2.76 bits per heavy atom. The summed E-state index contributed by atoms with van der Waals surface area (Å²) in [6.45, 7) is 2.72. The van der Waals surface area contributed by atoms with Crippen LogP contribution in [-0.2, 0) is 9.59 Å². The molecule has 2 fully saturated rings. The van der Waals surface area contributed by atoms with Gasteiger partial charge in [0, 0.05) is 30.5 Å². The molecule has 0 unspecified atom stereocenters. The molecule has 2 aromatic carbocycles. The van der Waals surface area contributed by atoms with Crippen LogP contribution in [0.4, 0.5) is 0 Å². The number of carbonyl (C=O) groups excluding carboxylic acids is 2. The number of hydrogen-bond donors (Lipinski definition) is 1. The first-order valence-electron chi connectivity index (χ1n) is 12.2. The molecule has 1 atom stereocenters. The van der Waals surface area contributed by atoms with Crippen molar-refractivity contribution in [3.05, 3.63) is 42.2 Å². The molecule has 1 saturated heterocycles. The quantitative estimate of drug-likeness (QED) is 0.515. The van der Waals surface area contributed by atoms with E-state index in [9.17, 15) is 9.59 Å². The SMILES string of the molecule is CN(CCOc1ccc2c(ccc3occ([C@H]4CCC(=O)NC4=O)c32)c1)CC1CCCCC1. The summed E-state index contributed by atoms with van der Waals surface area (Å²) < 4.78 is 11.8. The lowest BCUT2D eigenvalue weighted by atomic mass is 9.89. The molecule has 33 heavy (non-hydrogen) atoms. The van der Waals surface area contributed by atoms with Crippen LogP contribution in [-0.4, -0.2) is 43.5 Å². The van der Waals surface area contributed by atoms with E-state index in [0.717, 1.165) is 52.1 Å². The zero-order valence-corrected chi connectivity index (χ0v) is 19.3. The van der Waals surface area contributed by atoms with Gasteiger partial charge in [-0.15, -0.1) is 0 Å². The number of piperidine rings is 1. The second-order valence-corrected chi connectivity index (χ2v) is 9.63. The number of carbonyl (C=O) groups is 2. The maximum atomic E-state index is 12.4. The number of likely N-dealkylation sites (N-methyl/N-ethyl adjacent to an activating group) is 1. The lowest BCUT2D eigenvalue weighted by Gasteiger charge is -2.26. The Bertz CT molecular complexity index is 1160. The van der Waals surface area contributed by atoms with Gasteiger partial charge < -0.3 is 14.1 Å². The van der Waals surface area contributed by atoms with Gasteiger partial charge >= 0.3 is 0 Å². The van der Waals surface area contributed by atoms with Gasteiger partial charge in [0.1, 0.15) is 17.9 Å². The van der Waals surface area contributed by atoms with Gasteiger partial charge in [-0.3, -0.25) is 14.9 Å². The minimum Gasteiger partial charge on any atom is -0.492 e. The van der Waals surface area contributed by atoms with E-state index in [2.05, 4.69) is 23.3 Å². The van der Waals surface area contributed by atoms with E-state index in [1.807, 2.05) is 24.3 Å². The van der Waals surface area contributed by atoms with Gasteiger partial charge in [-0.25, -0.2) is 0 Å². The summed E-state index contributed by atoms with van der Waals surface area (Å²) in [6.07, 6.45) is 9.38. The zero-order valence-electron chi connectivity index (χ0n) is 19.3. The second kappa shape index (κ2) is 9.56. The lowest BCUT2D eigenvalue weighted by molar-refractivity contribution is -0.134. The largest absolute Gasteiger partial charge is 0.492 e. The highest BCUT2D eigenvalue weighted by molar-refractivity contribution is 6.10. The minimum absolute atomic E-state index is 0.208. The monoisotopic (exact) mass is 448 g/mol. The van der Waals surface area contributed by atoms with Crippen LogP contribution < -0.4 is 10.1 Å². The van der Waals surface area contributed by atoms with Gasteiger partial charge in [0.2, 0.25) is 11.8 Å². The van der Waals surface area contributed by atoms with E-state index in [1.54, 1.807) is 6.26 Å². The molecule has 174 valence electrons. The highest BCUT2D eigenvalue weighted by Crippen LogP contribution is 2.37. The molecule has 1 N–H and O–H groups in total. The molecule has 6 nitrogen and oxygen atoms in total. The molecule has 2 heterocycles. The van der Waals surface area contributed by atoms with Crippen molar-refractivity contribution in [3.8, 4) is 5.75 Å². The Kier molecular flexibility index (Phi) is 6.36. The Morgan fingerprint density at radius 1 is 1.09 bits per heavy atom. The number of rotatable bonds is 7. The molecule has 0 spiro atoms. The van der Waals surface area contributed by atoms with Crippen molar-refractivity contribution in [1.29, 1.82) is 0 Å². The Balaban J connectivity index is 1.29. The fourth-order valence-electron chi connectivity index (χ4n) is 5.43. The third kappa shape index (κ3) is 4.76. The van der Waals surface area contributed by atoms with Crippen LogP contribution in [0.1, 0.15) is 56.4 Å². The minimum atomic E-state index is -0.370. The van der Waals surface area contributed by atoms with Crippen LogP contribution in [0.5, 0.6) is 5.75 Å². The number of benzene rings is 2. The summed E-state index contributed by atoms with van der Waals surface area (Å²) in [5, 5.41) is 5.48. The predicted molar refractivity (Wildman–Crippen MR) is 128 cm³/mol. The van der Waals surface area contributed by atoms with Crippen molar-refractivity contribution >= 4 is 33.6 Å².